The molecular formula is C11H21NO2. The van der Waals surface area contributed by atoms with Gasteiger partial charge in [0.2, 0.25) is 6.54 Å². The SMILES string of the molecule is CC1(C)CC(C[N+](=O)[O-])CC(C)(C)C1. The molecule has 0 aromatic heterocycles. The highest BCUT2D eigenvalue weighted by Gasteiger charge is 2.39. The van der Waals surface area contributed by atoms with Gasteiger partial charge in [0.25, 0.3) is 0 Å². The van der Waals surface area contributed by atoms with Crippen LogP contribution in [0.15, 0.2) is 0 Å². The first-order valence-corrected chi connectivity index (χ1v) is 5.32. The molecule has 82 valence electrons. The zero-order chi connectivity index (χ0) is 11.0. The summed E-state index contributed by atoms with van der Waals surface area (Å²) in [6.07, 6.45) is 3.17. The summed E-state index contributed by atoms with van der Waals surface area (Å²) in [4.78, 5) is 10.3. The van der Waals surface area contributed by atoms with Gasteiger partial charge in [0.15, 0.2) is 0 Å². The van der Waals surface area contributed by atoms with E-state index in [0.717, 1.165) is 12.8 Å². The van der Waals surface area contributed by atoms with E-state index in [2.05, 4.69) is 27.7 Å². The van der Waals surface area contributed by atoms with Gasteiger partial charge in [0.05, 0.1) is 0 Å². The maximum Gasteiger partial charge on any atom is 0.206 e. The predicted octanol–water partition coefficient (Wildman–Crippen LogP) is 3.12. The minimum atomic E-state index is -0.165. The Kier molecular flexibility index (Phi) is 2.88. The first-order chi connectivity index (χ1) is 6.20. The molecule has 0 bridgehead atoms. The van der Waals surface area contributed by atoms with Crippen molar-refractivity contribution in [3.05, 3.63) is 10.1 Å². The van der Waals surface area contributed by atoms with Crippen molar-refractivity contribution in [3.8, 4) is 0 Å². The zero-order valence-electron chi connectivity index (χ0n) is 9.67. The monoisotopic (exact) mass is 199 g/mol. The van der Waals surface area contributed by atoms with Crippen LogP contribution in [-0.4, -0.2) is 11.5 Å². The van der Waals surface area contributed by atoms with Gasteiger partial charge in [-0.2, -0.15) is 0 Å². The maximum absolute atomic E-state index is 10.5. The number of nitro groups is 1. The quantitative estimate of drug-likeness (QED) is 0.506. The summed E-state index contributed by atoms with van der Waals surface area (Å²) in [5, 5.41) is 10.5. The first kappa shape index (κ1) is 11.5. The van der Waals surface area contributed by atoms with Crippen LogP contribution in [0.5, 0.6) is 0 Å². The van der Waals surface area contributed by atoms with Crippen LogP contribution in [0.2, 0.25) is 0 Å². The van der Waals surface area contributed by atoms with Crippen LogP contribution in [0.25, 0.3) is 0 Å². The van der Waals surface area contributed by atoms with Crippen molar-refractivity contribution in [3.63, 3.8) is 0 Å². The van der Waals surface area contributed by atoms with Crippen LogP contribution >= 0.6 is 0 Å². The van der Waals surface area contributed by atoms with Gasteiger partial charge in [-0.1, -0.05) is 27.7 Å². The Bertz CT molecular complexity index is 217. The molecule has 3 nitrogen and oxygen atoms in total. The highest BCUT2D eigenvalue weighted by atomic mass is 16.6. The van der Waals surface area contributed by atoms with Crippen molar-refractivity contribution in [2.24, 2.45) is 16.7 Å². The molecule has 14 heavy (non-hydrogen) atoms. The molecule has 0 atom stereocenters. The van der Waals surface area contributed by atoms with Gasteiger partial charge in [-0.3, -0.25) is 10.1 Å². The molecule has 1 rings (SSSR count). The number of rotatable bonds is 2. The molecule has 0 N–H and O–H groups in total. The summed E-state index contributed by atoms with van der Waals surface area (Å²) >= 11 is 0. The normalized spacial score (nSPS) is 26.0. The van der Waals surface area contributed by atoms with Crippen LogP contribution in [0.4, 0.5) is 0 Å². The Morgan fingerprint density at radius 1 is 1.21 bits per heavy atom. The van der Waals surface area contributed by atoms with Gasteiger partial charge in [-0.25, -0.2) is 0 Å². The van der Waals surface area contributed by atoms with E-state index in [1.54, 1.807) is 0 Å². The lowest BCUT2D eigenvalue weighted by molar-refractivity contribution is -0.490. The molecule has 0 heterocycles. The summed E-state index contributed by atoms with van der Waals surface area (Å²) in [5.74, 6) is 0.267. The van der Waals surface area contributed by atoms with E-state index in [0.29, 0.717) is 0 Å². The second kappa shape index (κ2) is 3.52. The van der Waals surface area contributed by atoms with E-state index < -0.39 is 0 Å². The summed E-state index contributed by atoms with van der Waals surface area (Å²) in [5.41, 5.74) is 0.533. The van der Waals surface area contributed by atoms with E-state index in [1.165, 1.54) is 6.42 Å². The minimum Gasteiger partial charge on any atom is -0.265 e. The summed E-state index contributed by atoms with van der Waals surface area (Å²) < 4.78 is 0. The van der Waals surface area contributed by atoms with Crippen molar-refractivity contribution >= 4 is 0 Å². The highest BCUT2D eigenvalue weighted by molar-refractivity contribution is 4.88. The standard InChI is InChI=1S/C11H21NO2/c1-10(2)5-9(7-12(13)14)6-11(3,4)8-10/h9H,5-8H2,1-4H3. The molecule has 0 aliphatic heterocycles. The zero-order valence-corrected chi connectivity index (χ0v) is 9.67. The molecule has 0 amide bonds. The summed E-state index contributed by atoms with van der Waals surface area (Å²) in [6, 6.07) is 0. The topological polar surface area (TPSA) is 43.1 Å². The molecule has 1 aliphatic rings. The van der Waals surface area contributed by atoms with E-state index in [-0.39, 0.29) is 28.2 Å². The van der Waals surface area contributed by atoms with Crippen LogP contribution in [0.1, 0.15) is 47.0 Å². The third-order valence-corrected chi connectivity index (χ3v) is 3.05. The van der Waals surface area contributed by atoms with Gasteiger partial charge in [0.1, 0.15) is 0 Å². The van der Waals surface area contributed by atoms with Crippen molar-refractivity contribution in [1.82, 2.24) is 0 Å². The van der Waals surface area contributed by atoms with Gasteiger partial charge in [0, 0.05) is 10.8 Å². The molecule has 0 radical (unpaired) electrons. The average Bonchev–Trinajstić information content (AvgIpc) is 1.74. The van der Waals surface area contributed by atoms with Crippen LogP contribution in [0, 0.1) is 26.9 Å². The molecule has 1 saturated carbocycles. The lowest BCUT2D eigenvalue weighted by Gasteiger charge is -2.43. The van der Waals surface area contributed by atoms with Gasteiger partial charge in [-0.05, 0) is 30.1 Å². The molecule has 0 aromatic carbocycles. The number of hydrogen-bond acceptors (Lipinski definition) is 2. The molecular weight excluding hydrogens is 178 g/mol. The molecule has 0 unspecified atom stereocenters. The van der Waals surface area contributed by atoms with Crippen molar-refractivity contribution in [1.29, 1.82) is 0 Å². The Labute approximate surface area is 86.0 Å². The van der Waals surface area contributed by atoms with Gasteiger partial charge < -0.3 is 0 Å². The fourth-order valence-electron chi connectivity index (χ4n) is 3.41. The van der Waals surface area contributed by atoms with Crippen molar-refractivity contribution in [2.75, 3.05) is 6.54 Å². The van der Waals surface area contributed by atoms with E-state index >= 15 is 0 Å². The minimum absolute atomic E-state index is 0.146. The smallest absolute Gasteiger partial charge is 0.206 e. The van der Waals surface area contributed by atoms with Crippen LogP contribution < -0.4 is 0 Å². The largest absolute Gasteiger partial charge is 0.265 e. The Balaban J connectivity index is 2.66. The van der Waals surface area contributed by atoms with Gasteiger partial charge in [-0.15, -0.1) is 0 Å². The third kappa shape index (κ3) is 3.28. The predicted molar refractivity (Wildman–Crippen MR) is 56.8 cm³/mol. The van der Waals surface area contributed by atoms with Gasteiger partial charge >= 0.3 is 0 Å². The maximum atomic E-state index is 10.5. The fraction of sp³-hybridized carbons (Fsp3) is 1.00. The molecule has 3 heteroatoms. The molecule has 1 aliphatic carbocycles. The van der Waals surface area contributed by atoms with Crippen LogP contribution in [-0.2, 0) is 0 Å². The molecule has 0 saturated heterocycles. The van der Waals surface area contributed by atoms with E-state index in [9.17, 15) is 10.1 Å². The third-order valence-electron chi connectivity index (χ3n) is 3.05. The second-order valence-electron chi connectivity index (χ2n) is 6.29. The summed E-state index contributed by atoms with van der Waals surface area (Å²) in [7, 11) is 0. The second-order valence-corrected chi connectivity index (χ2v) is 6.29. The lowest BCUT2D eigenvalue weighted by atomic mass is 9.61. The lowest BCUT2D eigenvalue weighted by Crippen LogP contribution is -2.36. The Morgan fingerprint density at radius 3 is 2.00 bits per heavy atom. The summed E-state index contributed by atoms with van der Waals surface area (Å²) in [6.45, 7) is 9.04. The Hall–Kier alpha value is -0.600. The van der Waals surface area contributed by atoms with Crippen molar-refractivity contribution in [2.45, 2.75) is 47.0 Å². The molecule has 0 aromatic rings. The van der Waals surface area contributed by atoms with Crippen molar-refractivity contribution < 1.29 is 4.92 Å². The van der Waals surface area contributed by atoms with E-state index in [4.69, 9.17) is 0 Å². The molecule has 0 spiro atoms. The highest BCUT2D eigenvalue weighted by Crippen LogP contribution is 2.48. The molecule has 1 fully saturated rings. The Morgan fingerprint density at radius 2 is 1.64 bits per heavy atom. The van der Waals surface area contributed by atoms with E-state index in [1.807, 2.05) is 0 Å². The first-order valence-electron chi connectivity index (χ1n) is 5.32. The van der Waals surface area contributed by atoms with Crippen LogP contribution in [0.3, 0.4) is 0 Å². The number of nitrogens with zero attached hydrogens (tertiary/aromatic N) is 1. The fourth-order valence-corrected chi connectivity index (χ4v) is 3.41. The average molecular weight is 199 g/mol. The number of hydrogen-bond donors (Lipinski definition) is 0.